The van der Waals surface area contributed by atoms with Gasteiger partial charge in [-0.1, -0.05) is 68.4 Å². The number of rotatable bonds is 7. The standard InChI is InChI=1S/C30H34N4OS/c1-5-30(6-2,24-14-12-21(13-15-24)23-16-17-36-20-23)33-28(35)25-19-31-34-27(25)32-26(18-29(34,3)4)22-10-8-7-9-11-22/h7-17,19-20,26,32H,5-6,18H2,1-4H3,(H,33,35). The van der Waals surface area contributed by atoms with E-state index in [4.69, 9.17) is 0 Å². The summed E-state index contributed by atoms with van der Waals surface area (Å²) in [6, 6.07) is 21.3. The molecule has 0 aliphatic carbocycles. The van der Waals surface area contributed by atoms with Crippen molar-refractivity contribution in [2.24, 2.45) is 0 Å². The molecular weight excluding hydrogens is 464 g/mol. The van der Waals surface area contributed by atoms with Crippen LogP contribution >= 0.6 is 11.3 Å². The van der Waals surface area contributed by atoms with Crippen molar-refractivity contribution < 1.29 is 4.79 Å². The van der Waals surface area contributed by atoms with Gasteiger partial charge < -0.3 is 10.6 Å². The zero-order valence-corrected chi connectivity index (χ0v) is 22.2. The highest BCUT2D eigenvalue weighted by Crippen LogP contribution is 2.40. The van der Waals surface area contributed by atoms with E-state index in [2.05, 4.69) is 109 Å². The minimum atomic E-state index is -0.456. The summed E-state index contributed by atoms with van der Waals surface area (Å²) in [6.45, 7) is 8.63. The summed E-state index contributed by atoms with van der Waals surface area (Å²) in [5, 5.41) is 15.9. The Balaban J connectivity index is 1.44. The second-order valence-corrected chi connectivity index (χ2v) is 11.1. The van der Waals surface area contributed by atoms with Gasteiger partial charge in [0, 0.05) is 0 Å². The summed E-state index contributed by atoms with van der Waals surface area (Å²) >= 11 is 1.70. The van der Waals surface area contributed by atoms with Crippen molar-refractivity contribution in [3.8, 4) is 11.1 Å². The van der Waals surface area contributed by atoms with Crippen LogP contribution in [0.5, 0.6) is 0 Å². The summed E-state index contributed by atoms with van der Waals surface area (Å²) in [5.74, 6) is 0.686. The fraction of sp³-hybridized carbons (Fsp3) is 0.333. The summed E-state index contributed by atoms with van der Waals surface area (Å²) in [7, 11) is 0. The quantitative estimate of drug-likeness (QED) is 0.280. The van der Waals surface area contributed by atoms with Crippen molar-refractivity contribution >= 4 is 23.1 Å². The van der Waals surface area contributed by atoms with E-state index in [1.165, 1.54) is 16.7 Å². The Bertz CT molecular complexity index is 1320. The molecule has 0 fully saturated rings. The zero-order valence-electron chi connectivity index (χ0n) is 21.4. The molecule has 3 heterocycles. The predicted octanol–water partition coefficient (Wildman–Crippen LogP) is 7.35. The lowest BCUT2D eigenvalue weighted by Crippen LogP contribution is -2.45. The van der Waals surface area contributed by atoms with Crippen LogP contribution in [0.4, 0.5) is 5.82 Å². The SMILES string of the molecule is CCC(CC)(NC(=O)c1cnn2c1NC(c1ccccc1)CC2(C)C)c1ccc(-c2ccsc2)cc1. The molecule has 5 rings (SSSR count). The molecule has 5 nitrogen and oxygen atoms in total. The monoisotopic (exact) mass is 498 g/mol. The van der Waals surface area contributed by atoms with Crippen molar-refractivity contribution in [1.29, 1.82) is 0 Å². The Morgan fingerprint density at radius 1 is 1.08 bits per heavy atom. The van der Waals surface area contributed by atoms with Gasteiger partial charge in [0.25, 0.3) is 5.91 Å². The van der Waals surface area contributed by atoms with Crippen molar-refractivity contribution in [1.82, 2.24) is 15.1 Å². The van der Waals surface area contributed by atoms with Gasteiger partial charge in [-0.2, -0.15) is 16.4 Å². The molecule has 36 heavy (non-hydrogen) atoms. The fourth-order valence-electron chi connectivity index (χ4n) is 5.40. The Kier molecular flexibility index (Phi) is 6.47. The van der Waals surface area contributed by atoms with Crippen LogP contribution in [-0.4, -0.2) is 15.7 Å². The number of aromatic nitrogens is 2. The highest BCUT2D eigenvalue weighted by Gasteiger charge is 2.38. The van der Waals surface area contributed by atoms with Crippen LogP contribution in [0.25, 0.3) is 11.1 Å². The third kappa shape index (κ3) is 4.35. The van der Waals surface area contributed by atoms with Crippen LogP contribution in [0.15, 0.2) is 77.6 Å². The van der Waals surface area contributed by atoms with E-state index in [9.17, 15) is 4.79 Å². The van der Waals surface area contributed by atoms with Gasteiger partial charge in [-0.05, 0) is 72.2 Å². The van der Waals surface area contributed by atoms with E-state index in [0.717, 1.165) is 30.6 Å². The van der Waals surface area contributed by atoms with Gasteiger partial charge in [0.15, 0.2) is 0 Å². The van der Waals surface area contributed by atoms with Gasteiger partial charge in [-0.3, -0.25) is 4.79 Å². The first-order valence-electron chi connectivity index (χ1n) is 12.7. The van der Waals surface area contributed by atoms with Crippen molar-refractivity contribution in [3.05, 3.63) is 94.3 Å². The molecule has 6 heteroatoms. The van der Waals surface area contributed by atoms with E-state index in [1.807, 2.05) is 10.7 Å². The molecule has 1 aliphatic heterocycles. The molecule has 186 valence electrons. The number of fused-ring (bicyclic) bond motifs is 1. The van der Waals surface area contributed by atoms with Gasteiger partial charge in [0.2, 0.25) is 0 Å². The summed E-state index contributed by atoms with van der Waals surface area (Å²) < 4.78 is 1.97. The number of thiophene rings is 1. The van der Waals surface area contributed by atoms with Crippen molar-refractivity contribution in [2.75, 3.05) is 5.32 Å². The number of amides is 1. The van der Waals surface area contributed by atoms with Crippen LogP contribution in [0.1, 0.15) is 74.5 Å². The smallest absolute Gasteiger partial charge is 0.257 e. The van der Waals surface area contributed by atoms with E-state index in [-0.39, 0.29) is 17.5 Å². The van der Waals surface area contributed by atoms with Gasteiger partial charge in [0.05, 0.1) is 23.3 Å². The molecule has 1 amide bonds. The average molecular weight is 499 g/mol. The van der Waals surface area contributed by atoms with E-state index >= 15 is 0 Å². The highest BCUT2D eigenvalue weighted by atomic mass is 32.1. The first kappa shape index (κ1) is 24.3. The number of nitrogens with zero attached hydrogens (tertiary/aromatic N) is 2. The maximum absolute atomic E-state index is 13.8. The first-order chi connectivity index (χ1) is 17.4. The number of nitrogens with one attached hydrogen (secondary N) is 2. The molecule has 0 radical (unpaired) electrons. The minimum Gasteiger partial charge on any atom is -0.363 e. The number of benzene rings is 2. The van der Waals surface area contributed by atoms with Gasteiger partial charge in [-0.25, -0.2) is 4.68 Å². The summed E-state index contributed by atoms with van der Waals surface area (Å²) in [6.07, 6.45) is 4.18. The van der Waals surface area contributed by atoms with Crippen LogP contribution in [0.3, 0.4) is 0 Å². The van der Waals surface area contributed by atoms with Gasteiger partial charge in [0.1, 0.15) is 11.4 Å². The topological polar surface area (TPSA) is 59.0 Å². The average Bonchev–Trinajstić information content (AvgIpc) is 3.59. The Hall–Kier alpha value is -3.38. The molecule has 0 spiro atoms. The molecule has 0 saturated carbocycles. The predicted molar refractivity (Wildman–Crippen MR) is 148 cm³/mol. The maximum Gasteiger partial charge on any atom is 0.257 e. The van der Waals surface area contributed by atoms with E-state index in [0.29, 0.717) is 5.56 Å². The lowest BCUT2D eigenvalue weighted by Gasteiger charge is -2.38. The molecule has 0 bridgehead atoms. The van der Waals surface area contributed by atoms with E-state index in [1.54, 1.807) is 17.5 Å². The molecule has 2 aromatic carbocycles. The van der Waals surface area contributed by atoms with Crippen molar-refractivity contribution in [2.45, 2.75) is 64.1 Å². The minimum absolute atomic E-state index is 0.0983. The number of carbonyl (C=O) groups is 1. The molecule has 1 atom stereocenters. The lowest BCUT2D eigenvalue weighted by atomic mass is 9.83. The third-order valence-corrected chi connectivity index (χ3v) is 8.34. The molecule has 4 aromatic rings. The van der Waals surface area contributed by atoms with Crippen LogP contribution in [0.2, 0.25) is 0 Å². The maximum atomic E-state index is 13.8. The first-order valence-corrected chi connectivity index (χ1v) is 13.7. The second kappa shape index (κ2) is 9.58. The molecule has 1 aliphatic rings. The molecule has 0 saturated heterocycles. The normalized spacial score (nSPS) is 16.7. The second-order valence-electron chi connectivity index (χ2n) is 10.3. The molecule has 2 aromatic heterocycles. The summed E-state index contributed by atoms with van der Waals surface area (Å²) in [5.41, 5.74) is 4.66. The van der Waals surface area contributed by atoms with Crippen LogP contribution < -0.4 is 10.6 Å². The Morgan fingerprint density at radius 3 is 2.44 bits per heavy atom. The zero-order chi connectivity index (χ0) is 25.3. The Labute approximate surface area is 217 Å². The summed E-state index contributed by atoms with van der Waals surface area (Å²) in [4.78, 5) is 13.8. The van der Waals surface area contributed by atoms with Crippen molar-refractivity contribution in [3.63, 3.8) is 0 Å². The Morgan fingerprint density at radius 2 is 1.81 bits per heavy atom. The van der Waals surface area contributed by atoms with E-state index < -0.39 is 5.54 Å². The largest absolute Gasteiger partial charge is 0.363 e. The lowest BCUT2D eigenvalue weighted by molar-refractivity contribution is 0.0890. The number of hydrogen-bond donors (Lipinski definition) is 2. The van der Waals surface area contributed by atoms with Gasteiger partial charge >= 0.3 is 0 Å². The van der Waals surface area contributed by atoms with Gasteiger partial charge in [-0.15, -0.1) is 0 Å². The highest BCUT2D eigenvalue weighted by molar-refractivity contribution is 7.08. The fourth-order valence-corrected chi connectivity index (χ4v) is 6.07. The number of carbonyl (C=O) groups excluding carboxylic acids is 1. The molecule has 1 unspecified atom stereocenters. The number of anilines is 1. The third-order valence-electron chi connectivity index (χ3n) is 7.66. The van der Waals surface area contributed by atoms with Crippen LogP contribution in [0, 0.1) is 0 Å². The number of hydrogen-bond acceptors (Lipinski definition) is 4. The van der Waals surface area contributed by atoms with Crippen LogP contribution in [-0.2, 0) is 11.1 Å². The molecular formula is C30H34N4OS. The molecule has 2 N–H and O–H groups in total.